The first kappa shape index (κ1) is 15.1. The molecule has 0 saturated heterocycles. The number of nitro benzene ring substituents is 1. The molecule has 2 rings (SSSR count). The maximum atomic E-state index is 11.0. The Morgan fingerprint density at radius 3 is 2.15 bits per heavy atom. The minimum Gasteiger partial charge on any atom is -0.258 e. The molecular weight excluding hydrogens is 321 g/mol. The van der Waals surface area contributed by atoms with Gasteiger partial charge in [-0.15, -0.1) is 0 Å². The van der Waals surface area contributed by atoms with Crippen LogP contribution < -0.4 is 0 Å². The number of halogens is 3. The molecule has 20 heavy (non-hydrogen) atoms. The predicted molar refractivity (Wildman–Crippen MR) is 81.8 cm³/mol. The molecule has 0 unspecified atom stereocenters. The monoisotopic (exact) mass is 329 g/mol. The first-order chi connectivity index (χ1) is 9.32. The quantitative estimate of drug-likeness (QED) is 0.439. The molecule has 0 saturated carbocycles. The summed E-state index contributed by atoms with van der Waals surface area (Å²) in [5, 5.41) is 11.5. The number of benzene rings is 2. The average Bonchev–Trinajstić information content (AvgIpc) is 2.39. The van der Waals surface area contributed by atoms with Crippen molar-refractivity contribution in [3.63, 3.8) is 0 Å². The van der Waals surface area contributed by atoms with Gasteiger partial charge in [0.15, 0.2) is 4.33 Å². The maximum Gasteiger partial charge on any atom is 0.272 e. The van der Waals surface area contributed by atoms with Crippen LogP contribution in [0.15, 0.2) is 42.5 Å². The van der Waals surface area contributed by atoms with E-state index in [0.29, 0.717) is 21.7 Å². The highest BCUT2D eigenvalue weighted by Crippen LogP contribution is 2.42. The van der Waals surface area contributed by atoms with Crippen molar-refractivity contribution in [1.82, 2.24) is 0 Å². The van der Waals surface area contributed by atoms with Crippen LogP contribution in [0.4, 0.5) is 5.69 Å². The van der Waals surface area contributed by atoms with Crippen molar-refractivity contribution in [1.29, 1.82) is 0 Å². The Balaban J connectivity index is 2.51. The Morgan fingerprint density at radius 1 is 1.05 bits per heavy atom. The lowest BCUT2D eigenvalue weighted by Crippen LogP contribution is -2.12. The van der Waals surface area contributed by atoms with Crippen LogP contribution in [0.5, 0.6) is 0 Å². The van der Waals surface area contributed by atoms with Gasteiger partial charge in [-0.2, -0.15) is 0 Å². The van der Waals surface area contributed by atoms with E-state index >= 15 is 0 Å². The molecule has 0 radical (unpaired) electrons. The van der Waals surface area contributed by atoms with Crippen LogP contribution in [-0.4, -0.2) is 4.92 Å². The Hall–Kier alpha value is -1.29. The smallest absolute Gasteiger partial charge is 0.258 e. The lowest BCUT2D eigenvalue weighted by molar-refractivity contribution is -0.385. The topological polar surface area (TPSA) is 43.1 Å². The summed E-state index contributed by atoms with van der Waals surface area (Å²) in [6, 6.07) is 11.4. The molecule has 104 valence electrons. The second-order valence-corrected chi connectivity index (χ2v) is 6.10. The molecule has 3 nitrogen and oxygen atoms in total. The molecule has 0 amide bonds. The van der Waals surface area contributed by atoms with Gasteiger partial charge in [0.05, 0.1) is 4.92 Å². The van der Waals surface area contributed by atoms with Crippen molar-refractivity contribution >= 4 is 40.5 Å². The number of hydrogen-bond donors (Lipinski definition) is 0. The van der Waals surface area contributed by atoms with Crippen molar-refractivity contribution in [2.24, 2.45) is 0 Å². The average molecular weight is 331 g/mol. The summed E-state index contributed by atoms with van der Waals surface area (Å²) < 4.78 is -1.37. The molecule has 0 spiro atoms. The van der Waals surface area contributed by atoms with Gasteiger partial charge >= 0.3 is 0 Å². The lowest BCUT2D eigenvalue weighted by Gasteiger charge is -2.20. The maximum absolute atomic E-state index is 11.0. The van der Waals surface area contributed by atoms with Crippen molar-refractivity contribution < 1.29 is 4.92 Å². The number of hydrogen-bond acceptors (Lipinski definition) is 2. The lowest BCUT2D eigenvalue weighted by atomic mass is 10.0. The van der Waals surface area contributed by atoms with Gasteiger partial charge in [-0.3, -0.25) is 10.1 Å². The van der Waals surface area contributed by atoms with Crippen molar-refractivity contribution in [3.8, 4) is 0 Å². The van der Waals surface area contributed by atoms with Gasteiger partial charge in [0.25, 0.3) is 5.69 Å². The zero-order valence-corrected chi connectivity index (χ0v) is 12.7. The van der Waals surface area contributed by atoms with E-state index in [0.717, 1.165) is 0 Å². The fourth-order valence-electron chi connectivity index (χ4n) is 1.83. The normalized spacial score (nSPS) is 11.4. The van der Waals surface area contributed by atoms with Gasteiger partial charge in [0.1, 0.15) is 0 Å². The molecule has 6 heteroatoms. The Labute approximate surface area is 131 Å². The highest BCUT2D eigenvalue weighted by Gasteiger charge is 2.31. The number of nitrogens with zero attached hydrogens (tertiary/aromatic N) is 1. The van der Waals surface area contributed by atoms with Crippen molar-refractivity contribution in [3.05, 3.63) is 74.3 Å². The third-order valence-corrected chi connectivity index (χ3v) is 4.10. The molecule has 0 fully saturated rings. The molecule has 0 heterocycles. The number of rotatable bonds is 3. The van der Waals surface area contributed by atoms with Crippen LogP contribution in [0.1, 0.15) is 16.7 Å². The zero-order chi connectivity index (χ0) is 14.9. The van der Waals surface area contributed by atoms with Crippen molar-refractivity contribution in [2.45, 2.75) is 11.3 Å². The zero-order valence-electron chi connectivity index (χ0n) is 10.4. The van der Waals surface area contributed by atoms with Crippen LogP contribution >= 0.6 is 34.8 Å². The fraction of sp³-hybridized carbons (Fsp3) is 0.143. The van der Waals surface area contributed by atoms with E-state index in [1.807, 2.05) is 0 Å². The van der Waals surface area contributed by atoms with Gasteiger partial charge in [0, 0.05) is 16.7 Å². The summed E-state index contributed by atoms with van der Waals surface area (Å²) in [5.41, 5.74) is 1.59. The second kappa shape index (κ2) is 5.60. The number of nitro groups is 1. The summed E-state index contributed by atoms with van der Waals surface area (Å²) in [4.78, 5) is 10.5. The molecule has 0 aromatic heterocycles. The van der Waals surface area contributed by atoms with Crippen LogP contribution in [0, 0.1) is 17.0 Å². The molecule has 0 N–H and O–H groups in total. The first-order valence-corrected chi connectivity index (χ1v) is 6.85. The SMILES string of the molecule is Cc1ccc(C(Cl)(Cl)c2ccc(Cl)cc2)cc1[N+](=O)[O-]. The van der Waals surface area contributed by atoms with Crippen LogP contribution in [0.3, 0.4) is 0 Å². The third-order valence-electron chi connectivity index (χ3n) is 2.98. The van der Waals surface area contributed by atoms with E-state index in [-0.39, 0.29) is 5.69 Å². The number of aryl methyl sites for hydroxylation is 1. The Bertz CT molecular complexity index is 654. The first-order valence-electron chi connectivity index (χ1n) is 5.72. The predicted octanol–water partition coefficient (Wildman–Crippen LogP) is 5.24. The van der Waals surface area contributed by atoms with Gasteiger partial charge in [-0.05, 0) is 30.2 Å². The molecule has 0 aliphatic carbocycles. The molecule has 2 aromatic carbocycles. The van der Waals surface area contributed by atoms with E-state index in [1.165, 1.54) is 6.07 Å². The van der Waals surface area contributed by atoms with E-state index in [2.05, 4.69) is 0 Å². The van der Waals surface area contributed by atoms with Gasteiger partial charge in [0.2, 0.25) is 0 Å². The Kier molecular flexibility index (Phi) is 4.23. The molecule has 0 aliphatic heterocycles. The summed E-state index contributed by atoms with van der Waals surface area (Å²) >= 11 is 18.6. The van der Waals surface area contributed by atoms with Gasteiger partial charge in [-0.25, -0.2) is 0 Å². The molecule has 0 aliphatic rings. The Morgan fingerprint density at radius 2 is 1.60 bits per heavy atom. The number of alkyl halides is 2. The molecule has 0 atom stereocenters. The van der Waals surface area contributed by atoms with E-state index in [9.17, 15) is 10.1 Å². The highest BCUT2D eigenvalue weighted by molar-refractivity contribution is 6.50. The van der Waals surface area contributed by atoms with Crippen LogP contribution in [0.2, 0.25) is 5.02 Å². The summed E-state index contributed by atoms with van der Waals surface area (Å²) in [6.07, 6.45) is 0. The molecular formula is C14H10Cl3NO2. The summed E-state index contributed by atoms with van der Waals surface area (Å²) in [7, 11) is 0. The van der Waals surface area contributed by atoms with Crippen LogP contribution in [0.25, 0.3) is 0 Å². The fourth-order valence-corrected chi connectivity index (χ4v) is 2.44. The minimum absolute atomic E-state index is 0.0119. The van der Waals surface area contributed by atoms with Crippen LogP contribution in [-0.2, 0) is 4.33 Å². The molecule has 0 bridgehead atoms. The van der Waals surface area contributed by atoms with Gasteiger partial charge < -0.3 is 0 Å². The minimum atomic E-state index is -1.37. The summed E-state index contributed by atoms with van der Waals surface area (Å²) in [6.45, 7) is 1.66. The standard InChI is InChI=1S/C14H10Cl3NO2/c1-9-2-3-11(8-13(9)18(19)20)14(16,17)10-4-6-12(15)7-5-10/h2-8H,1H3. The second-order valence-electron chi connectivity index (χ2n) is 4.34. The van der Waals surface area contributed by atoms with E-state index in [4.69, 9.17) is 34.8 Å². The summed E-state index contributed by atoms with van der Waals surface area (Å²) in [5.74, 6) is 0. The van der Waals surface area contributed by atoms with E-state index < -0.39 is 9.26 Å². The van der Waals surface area contributed by atoms with Gasteiger partial charge in [-0.1, -0.05) is 59.1 Å². The van der Waals surface area contributed by atoms with Crippen molar-refractivity contribution in [2.75, 3.05) is 0 Å². The largest absolute Gasteiger partial charge is 0.272 e. The van der Waals surface area contributed by atoms with E-state index in [1.54, 1.807) is 43.3 Å². The highest BCUT2D eigenvalue weighted by atomic mass is 35.5. The molecule has 2 aromatic rings. The third kappa shape index (κ3) is 2.90.